The van der Waals surface area contributed by atoms with E-state index >= 15 is 0 Å². The predicted molar refractivity (Wildman–Crippen MR) is 104 cm³/mol. The van der Waals surface area contributed by atoms with Gasteiger partial charge in [-0.05, 0) is 25.2 Å². The van der Waals surface area contributed by atoms with Crippen LogP contribution in [0.2, 0.25) is 0 Å². The van der Waals surface area contributed by atoms with Crippen LogP contribution in [0.5, 0.6) is 0 Å². The van der Waals surface area contributed by atoms with Crippen LogP contribution in [0.4, 0.5) is 0 Å². The number of nitrogens with two attached hydrogens (primary N) is 1. The third kappa shape index (κ3) is 9.37. The second kappa shape index (κ2) is 12.0. The highest BCUT2D eigenvalue weighted by atomic mass is 16.4. The summed E-state index contributed by atoms with van der Waals surface area (Å²) >= 11 is 0. The molecule has 7 N–H and O–H groups in total. The van der Waals surface area contributed by atoms with E-state index < -0.39 is 60.2 Å². The van der Waals surface area contributed by atoms with Crippen LogP contribution in [0.25, 0.3) is 0 Å². The van der Waals surface area contributed by atoms with E-state index in [9.17, 15) is 24.0 Å². The number of carbonyl (C=O) groups excluding carboxylic acids is 3. The van der Waals surface area contributed by atoms with E-state index in [1.165, 1.54) is 6.92 Å². The van der Waals surface area contributed by atoms with Crippen LogP contribution in [0.15, 0.2) is 0 Å². The summed E-state index contributed by atoms with van der Waals surface area (Å²) in [4.78, 5) is 59.0. The Balaban J connectivity index is 5.34. The molecule has 0 aliphatic carbocycles. The Labute approximate surface area is 169 Å². The standard InChI is InChI=1S/C18H32N4O7/c1-8(2)13(19)16(26)22-14(9(3)4)17(27)21-11(6-7-12(23)24)15(25)20-10(5)18(28)29/h8-11,13-14H,6-7,19H2,1-5H3,(H,20,25)(H,21,27)(H,22,26)(H,23,24)(H,28,29). The van der Waals surface area contributed by atoms with Crippen LogP contribution in [0, 0.1) is 11.8 Å². The highest BCUT2D eigenvalue weighted by Gasteiger charge is 2.31. The molecule has 11 nitrogen and oxygen atoms in total. The Bertz CT molecular complexity index is 621. The normalized spacial score (nSPS) is 15.2. The Morgan fingerprint density at radius 3 is 1.76 bits per heavy atom. The maximum absolute atomic E-state index is 12.7. The Hall–Kier alpha value is -2.69. The molecule has 0 aromatic rings. The van der Waals surface area contributed by atoms with Crippen LogP contribution < -0.4 is 21.7 Å². The first-order valence-corrected chi connectivity index (χ1v) is 9.39. The topological polar surface area (TPSA) is 188 Å². The molecule has 0 rings (SSSR count). The van der Waals surface area contributed by atoms with Crippen molar-refractivity contribution in [1.82, 2.24) is 16.0 Å². The fourth-order valence-electron chi connectivity index (χ4n) is 2.26. The molecule has 0 aromatic heterocycles. The zero-order chi connectivity index (χ0) is 22.9. The molecule has 0 saturated carbocycles. The molecule has 3 amide bonds. The van der Waals surface area contributed by atoms with E-state index in [0.29, 0.717) is 0 Å². The summed E-state index contributed by atoms with van der Waals surface area (Å²) < 4.78 is 0. The Morgan fingerprint density at radius 2 is 1.34 bits per heavy atom. The van der Waals surface area contributed by atoms with Crippen molar-refractivity contribution >= 4 is 29.7 Å². The lowest BCUT2D eigenvalue weighted by Gasteiger charge is -2.27. The minimum atomic E-state index is -1.28. The van der Waals surface area contributed by atoms with Gasteiger partial charge < -0.3 is 31.9 Å². The van der Waals surface area contributed by atoms with Gasteiger partial charge in [-0.15, -0.1) is 0 Å². The maximum atomic E-state index is 12.7. The van der Waals surface area contributed by atoms with E-state index in [2.05, 4.69) is 16.0 Å². The van der Waals surface area contributed by atoms with Gasteiger partial charge in [0.2, 0.25) is 17.7 Å². The molecule has 0 fully saturated rings. The molecule has 11 heteroatoms. The zero-order valence-electron chi connectivity index (χ0n) is 17.4. The van der Waals surface area contributed by atoms with Crippen molar-refractivity contribution in [3.8, 4) is 0 Å². The molecule has 0 aliphatic rings. The Kier molecular flexibility index (Phi) is 10.9. The van der Waals surface area contributed by atoms with Gasteiger partial charge in [0.15, 0.2) is 0 Å². The number of hydrogen-bond acceptors (Lipinski definition) is 6. The molecule has 0 saturated heterocycles. The first kappa shape index (κ1) is 26.3. The molecule has 0 aliphatic heterocycles. The van der Waals surface area contributed by atoms with Crippen LogP contribution >= 0.6 is 0 Å². The second-order valence-corrected chi connectivity index (χ2v) is 7.56. The molecule has 0 aromatic carbocycles. The third-order valence-electron chi connectivity index (χ3n) is 4.28. The average molecular weight is 416 g/mol. The maximum Gasteiger partial charge on any atom is 0.325 e. The molecular formula is C18H32N4O7. The van der Waals surface area contributed by atoms with E-state index in [1.807, 2.05) is 0 Å². The van der Waals surface area contributed by atoms with Crippen LogP contribution in [-0.2, 0) is 24.0 Å². The van der Waals surface area contributed by atoms with E-state index in [-0.39, 0.29) is 18.3 Å². The zero-order valence-corrected chi connectivity index (χ0v) is 17.4. The summed E-state index contributed by atoms with van der Waals surface area (Å²) in [5.41, 5.74) is 5.79. The quantitative estimate of drug-likeness (QED) is 0.235. The fraction of sp³-hybridized carbons (Fsp3) is 0.722. The molecule has 166 valence electrons. The summed E-state index contributed by atoms with van der Waals surface area (Å²) in [6.45, 7) is 8.12. The van der Waals surface area contributed by atoms with Gasteiger partial charge in [0.05, 0.1) is 6.04 Å². The van der Waals surface area contributed by atoms with Gasteiger partial charge in [0.25, 0.3) is 0 Å². The number of carboxylic acids is 2. The average Bonchev–Trinajstić information content (AvgIpc) is 2.60. The number of amides is 3. The number of nitrogens with one attached hydrogen (secondary N) is 3. The highest BCUT2D eigenvalue weighted by molar-refractivity contribution is 5.94. The molecule has 4 atom stereocenters. The van der Waals surface area contributed by atoms with Crippen molar-refractivity contribution in [2.45, 2.75) is 71.6 Å². The van der Waals surface area contributed by atoms with Crippen LogP contribution in [0.3, 0.4) is 0 Å². The monoisotopic (exact) mass is 416 g/mol. The number of rotatable bonds is 12. The molecule has 0 radical (unpaired) electrons. The minimum Gasteiger partial charge on any atom is -0.481 e. The number of carboxylic acid groups (broad SMARTS) is 2. The fourth-order valence-corrected chi connectivity index (χ4v) is 2.26. The van der Waals surface area contributed by atoms with Crippen molar-refractivity contribution in [2.24, 2.45) is 17.6 Å². The van der Waals surface area contributed by atoms with Gasteiger partial charge in [-0.2, -0.15) is 0 Å². The molecule has 4 unspecified atom stereocenters. The second-order valence-electron chi connectivity index (χ2n) is 7.56. The first-order valence-electron chi connectivity index (χ1n) is 9.39. The number of aliphatic carboxylic acids is 2. The molecular weight excluding hydrogens is 384 g/mol. The lowest BCUT2D eigenvalue weighted by Crippen LogP contribution is -2.58. The van der Waals surface area contributed by atoms with Gasteiger partial charge >= 0.3 is 11.9 Å². The van der Waals surface area contributed by atoms with Gasteiger partial charge in [-0.3, -0.25) is 24.0 Å². The van der Waals surface area contributed by atoms with Crippen LogP contribution in [0.1, 0.15) is 47.5 Å². The third-order valence-corrected chi connectivity index (χ3v) is 4.28. The van der Waals surface area contributed by atoms with E-state index in [4.69, 9.17) is 15.9 Å². The predicted octanol–water partition coefficient (Wildman–Crippen LogP) is -0.951. The summed E-state index contributed by atoms with van der Waals surface area (Å²) in [6, 6.07) is -4.34. The lowest BCUT2D eigenvalue weighted by atomic mass is 9.99. The molecule has 0 bridgehead atoms. The highest BCUT2D eigenvalue weighted by Crippen LogP contribution is 2.07. The van der Waals surface area contributed by atoms with Crippen molar-refractivity contribution in [3.63, 3.8) is 0 Å². The smallest absolute Gasteiger partial charge is 0.325 e. The van der Waals surface area contributed by atoms with Crippen LogP contribution in [-0.4, -0.2) is 64.0 Å². The van der Waals surface area contributed by atoms with Crippen molar-refractivity contribution in [1.29, 1.82) is 0 Å². The summed E-state index contributed by atoms with van der Waals surface area (Å²) in [5, 5.41) is 24.9. The summed E-state index contributed by atoms with van der Waals surface area (Å²) in [5.74, 6) is -5.02. The SMILES string of the molecule is CC(NC(=O)C(CCC(=O)O)NC(=O)C(NC(=O)C(N)C(C)C)C(C)C)C(=O)O. The van der Waals surface area contributed by atoms with Crippen molar-refractivity contribution < 1.29 is 34.2 Å². The van der Waals surface area contributed by atoms with E-state index in [1.54, 1.807) is 27.7 Å². The molecule has 29 heavy (non-hydrogen) atoms. The summed E-state index contributed by atoms with van der Waals surface area (Å²) in [6.07, 6.45) is -0.666. The van der Waals surface area contributed by atoms with Gasteiger partial charge in [-0.25, -0.2) is 0 Å². The van der Waals surface area contributed by atoms with Gasteiger partial charge in [0, 0.05) is 6.42 Å². The minimum absolute atomic E-state index is 0.155. The lowest BCUT2D eigenvalue weighted by molar-refractivity contribution is -0.142. The van der Waals surface area contributed by atoms with Crippen molar-refractivity contribution in [2.75, 3.05) is 0 Å². The first-order chi connectivity index (χ1) is 13.3. The van der Waals surface area contributed by atoms with E-state index in [0.717, 1.165) is 0 Å². The van der Waals surface area contributed by atoms with Gasteiger partial charge in [0.1, 0.15) is 18.1 Å². The van der Waals surface area contributed by atoms with Gasteiger partial charge in [-0.1, -0.05) is 27.7 Å². The Morgan fingerprint density at radius 1 is 0.793 bits per heavy atom. The summed E-state index contributed by atoms with van der Waals surface area (Å²) in [7, 11) is 0. The van der Waals surface area contributed by atoms with Crippen molar-refractivity contribution in [3.05, 3.63) is 0 Å². The molecule has 0 spiro atoms. The number of carbonyl (C=O) groups is 5. The number of hydrogen-bond donors (Lipinski definition) is 6. The molecule has 0 heterocycles. The largest absolute Gasteiger partial charge is 0.481 e.